The molecule has 2 atom stereocenters. The fraction of sp³-hybridized carbons (Fsp3) is 0.917. The van der Waals surface area contributed by atoms with E-state index in [-0.39, 0.29) is 6.04 Å². The number of amides is 1. The molecule has 0 saturated carbocycles. The molecule has 0 heterocycles. The first-order valence-corrected chi connectivity index (χ1v) is 6.12. The summed E-state index contributed by atoms with van der Waals surface area (Å²) in [5.74, 6) is 0. The Morgan fingerprint density at radius 1 is 1.33 bits per heavy atom. The lowest BCUT2D eigenvalue weighted by Crippen LogP contribution is -2.43. The summed E-state index contributed by atoms with van der Waals surface area (Å²) in [6.07, 6.45) is -0.979. The van der Waals surface area contributed by atoms with Gasteiger partial charge in [0.1, 0.15) is 5.60 Å². The first-order valence-electron chi connectivity index (χ1n) is 6.12. The molecular formula is C12H26N2O4. The number of rotatable bonds is 7. The van der Waals surface area contributed by atoms with Crippen molar-refractivity contribution in [1.82, 2.24) is 10.6 Å². The molecule has 0 radical (unpaired) electrons. The lowest BCUT2D eigenvalue weighted by molar-refractivity contribution is 0.0515. The average Bonchev–Trinajstić information content (AvgIpc) is 2.21. The zero-order valence-electron chi connectivity index (χ0n) is 11.9. The molecule has 0 rings (SSSR count). The lowest BCUT2D eigenvalue weighted by Gasteiger charge is -2.21. The van der Waals surface area contributed by atoms with E-state index in [9.17, 15) is 9.90 Å². The fourth-order valence-electron chi connectivity index (χ4n) is 1.21. The molecule has 1 amide bonds. The van der Waals surface area contributed by atoms with Crippen molar-refractivity contribution in [2.75, 3.05) is 26.8 Å². The number of aliphatic hydroxyl groups is 1. The highest BCUT2D eigenvalue weighted by atomic mass is 16.6. The van der Waals surface area contributed by atoms with Gasteiger partial charge in [-0.2, -0.15) is 0 Å². The van der Waals surface area contributed by atoms with Crippen molar-refractivity contribution in [2.24, 2.45) is 0 Å². The maximum atomic E-state index is 11.4. The van der Waals surface area contributed by atoms with Crippen molar-refractivity contribution in [3.05, 3.63) is 0 Å². The molecule has 0 spiro atoms. The van der Waals surface area contributed by atoms with Gasteiger partial charge in [-0.3, -0.25) is 0 Å². The third-order valence-electron chi connectivity index (χ3n) is 2.01. The SMILES string of the molecule is COCC(O)CNC(C)CNC(=O)OC(C)(C)C. The van der Waals surface area contributed by atoms with E-state index < -0.39 is 17.8 Å². The second-order valence-electron chi connectivity index (χ2n) is 5.30. The van der Waals surface area contributed by atoms with E-state index in [4.69, 9.17) is 9.47 Å². The summed E-state index contributed by atoms with van der Waals surface area (Å²) in [5.41, 5.74) is -0.491. The predicted molar refractivity (Wildman–Crippen MR) is 69.6 cm³/mol. The molecule has 18 heavy (non-hydrogen) atoms. The molecule has 0 fully saturated rings. The van der Waals surface area contributed by atoms with Crippen LogP contribution in [-0.4, -0.2) is 55.8 Å². The Balaban J connectivity index is 3.70. The van der Waals surface area contributed by atoms with Crippen LogP contribution in [0.3, 0.4) is 0 Å². The number of nitrogens with one attached hydrogen (secondary N) is 2. The normalized spacial score (nSPS) is 15.0. The van der Waals surface area contributed by atoms with Crippen molar-refractivity contribution < 1.29 is 19.4 Å². The number of alkyl carbamates (subject to hydrolysis) is 1. The van der Waals surface area contributed by atoms with Crippen LogP contribution in [0.25, 0.3) is 0 Å². The second kappa shape index (κ2) is 8.29. The number of hydrogen-bond acceptors (Lipinski definition) is 5. The molecule has 3 N–H and O–H groups in total. The molecule has 0 bridgehead atoms. The maximum Gasteiger partial charge on any atom is 0.407 e. The highest BCUT2D eigenvalue weighted by molar-refractivity contribution is 5.67. The molecule has 0 aromatic rings. The monoisotopic (exact) mass is 262 g/mol. The van der Waals surface area contributed by atoms with Crippen LogP contribution >= 0.6 is 0 Å². The van der Waals surface area contributed by atoms with E-state index in [1.165, 1.54) is 7.11 Å². The van der Waals surface area contributed by atoms with Crippen LogP contribution < -0.4 is 10.6 Å². The number of hydrogen-bond donors (Lipinski definition) is 3. The topological polar surface area (TPSA) is 79.8 Å². The molecule has 0 aliphatic carbocycles. The van der Waals surface area contributed by atoms with Gasteiger partial charge in [0.05, 0.1) is 12.7 Å². The van der Waals surface area contributed by atoms with Crippen LogP contribution in [0.5, 0.6) is 0 Å². The quantitative estimate of drug-likeness (QED) is 0.622. The zero-order chi connectivity index (χ0) is 14.2. The highest BCUT2D eigenvalue weighted by Gasteiger charge is 2.16. The van der Waals surface area contributed by atoms with Gasteiger partial charge in [0.25, 0.3) is 0 Å². The van der Waals surface area contributed by atoms with E-state index in [0.29, 0.717) is 19.7 Å². The molecular weight excluding hydrogens is 236 g/mol. The van der Waals surface area contributed by atoms with E-state index in [1.54, 1.807) is 0 Å². The minimum absolute atomic E-state index is 0.0454. The Labute approximate surface area is 109 Å². The van der Waals surface area contributed by atoms with Gasteiger partial charge in [-0.05, 0) is 27.7 Å². The van der Waals surface area contributed by atoms with Crippen molar-refractivity contribution in [3.8, 4) is 0 Å². The smallest absolute Gasteiger partial charge is 0.407 e. The highest BCUT2D eigenvalue weighted by Crippen LogP contribution is 2.06. The van der Waals surface area contributed by atoms with Gasteiger partial charge in [-0.1, -0.05) is 0 Å². The summed E-state index contributed by atoms with van der Waals surface area (Å²) >= 11 is 0. The number of aliphatic hydroxyl groups excluding tert-OH is 1. The predicted octanol–water partition coefficient (Wildman–Crippen LogP) is 0.496. The number of carbonyl (C=O) groups excluding carboxylic acids is 1. The summed E-state index contributed by atoms with van der Waals surface area (Å²) in [6.45, 7) is 8.51. The fourth-order valence-corrected chi connectivity index (χ4v) is 1.21. The van der Waals surface area contributed by atoms with Crippen LogP contribution in [0, 0.1) is 0 Å². The molecule has 0 aliphatic heterocycles. The minimum atomic E-state index is -0.543. The van der Waals surface area contributed by atoms with Crippen LogP contribution in [-0.2, 0) is 9.47 Å². The molecule has 108 valence electrons. The maximum absolute atomic E-state index is 11.4. The zero-order valence-corrected chi connectivity index (χ0v) is 11.9. The molecule has 6 heteroatoms. The number of methoxy groups -OCH3 is 1. The van der Waals surface area contributed by atoms with Crippen molar-refractivity contribution >= 4 is 6.09 Å². The summed E-state index contributed by atoms with van der Waals surface area (Å²) in [7, 11) is 1.54. The molecule has 0 saturated heterocycles. The van der Waals surface area contributed by atoms with E-state index in [0.717, 1.165) is 0 Å². The summed E-state index contributed by atoms with van der Waals surface area (Å²) in [6, 6.07) is 0.0454. The van der Waals surface area contributed by atoms with Crippen LogP contribution in [0.4, 0.5) is 4.79 Å². The van der Waals surface area contributed by atoms with Gasteiger partial charge < -0.3 is 25.2 Å². The average molecular weight is 262 g/mol. The van der Waals surface area contributed by atoms with Gasteiger partial charge in [0.15, 0.2) is 0 Å². The van der Waals surface area contributed by atoms with E-state index in [1.807, 2.05) is 27.7 Å². The number of ether oxygens (including phenoxy) is 2. The summed E-state index contributed by atoms with van der Waals surface area (Å²) in [5, 5.41) is 15.2. The van der Waals surface area contributed by atoms with Crippen LogP contribution in [0.1, 0.15) is 27.7 Å². The molecule has 0 aromatic carbocycles. The first kappa shape index (κ1) is 17.2. The Morgan fingerprint density at radius 3 is 2.44 bits per heavy atom. The molecule has 2 unspecified atom stereocenters. The standard InChI is InChI=1S/C12H26N2O4/c1-9(13-7-10(15)8-17-5)6-14-11(16)18-12(2,3)4/h9-10,13,15H,6-8H2,1-5H3,(H,14,16). The van der Waals surface area contributed by atoms with Gasteiger partial charge in [0.2, 0.25) is 0 Å². The van der Waals surface area contributed by atoms with E-state index >= 15 is 0 Å². The minimum Gasteiger partial charge on any atom is -0.444 e. The van der Waals surface area contributed by atoms with Crippen molar-refractivity contribution in [3.63, 3.8) is 0 Å². The van der Waals surface area contributed by atoms with Gasteiger partial charge in [-0.25, -0.2) is 4.79 Å². The van der Waals surface area contributed by atoms with Crippen molar-refractivity contribution in [1.29, 1.82) is 0 Å². The van der Waals surface area contributed by atoms with Crippen molar-refractivity contribution in [2.45, 2.75) is 45.4 Å². The Bertz CT molecular complexity index is 241. The van der Waals surface area contributed by atoms with Gasteiger partial charge >= 0.3 is 6.09 Å². The second-order valence-corrected chi connectivity index (χ2v) is 5.30. The largest absolute Gasteiger partial charge is 0.444 e. The Morgan fingerprint density at radius 2 is 1.94 bits per heavy atom. The first-order chi connectivity index (χ1) is 8.24. The lowest BCUT2D eigenvalue weighted by atomic mass is 10.2. The third kappa shape index (κ3) is 10.3. The van der Waals surface area contributed by atoms with Gasteiger partial charge in [-0.15, -0.1) is 0 Å². The third-order valence-corrected chi connectivity index (χ3v) is 2.01. The molecule has 6 nitrogen and oxygen atoms in total. The molecule has 0 aliphatic rings. The summed E-state index contributed by atoms with van der Waals surface area (Å²) in [4.78, 5) is 11.4. The van der Waals surface area contributed by atoms with E-state index in [2.05, 4.69) is 10.6 Å². The van der Waals surface area contributed by atoms with Crippen LogP contribution in [0.15, 0.2) is 0 Å². The molecule has 0 aromatic heterocycles. The van der Waals surface area contributed by atoms with Gasteiger partial charge in [0, 0.05) is 26.2 Å². The number of carbonyl (C=O) groups is 1. The Hall–Kier alpha value is -0.850. The van der Waals surface area contributed by atoms with Crippen LogP contribution in [0.2, 0.25) is 0 Å². The Kier molecular flexibility index (Phi) is 7.90. The summed E-state index contributed by atoms with van der Waals surface area (Å²) < 4.78 is 9.91.